The van der Waals surface area contributed by atoms with Gasteiger partial charge in [0.1, 0.15) is 0 Å². The fraction of sp³-hybridized carbons (Fsp3) is 0.467. The van der Waals surface area contributed by atoms with Crippen molar-refractivity contribution in [3.63, 3.8) is 0 Å². The minimum Gasteiger partial charge on any atom is -0.392 e. The Labute approximate surface area is 98.8 Å². The summed E-state index contributed by atoms with van der Waals surface area (Å²) < 4.78 is 0. The second-order valence-electron chi connectivity index (χ2n) is 4.23. The second-order valence-corrected chi connectivity index (χ2v) is 4.23. The van der Waals surface area contributed by atoms with Crippen molar-refractivity contribution in [1.82, 2.24) is 0 Å². The molecule has 0 aliphatic rings. The van der Waals surface area contributed by atoms with Crippen molar-refractivity contribution >= 4 is 5.57 Å². The zero-order chi connectivity index (χ0) is 11.8. The molecule has 0 radical (unpaired) electrons. The van der Waals surface area contributed by atoms with Crippen molar-refractivity contribution in [1.29, 1.82) is 0 Å². The normalized spacial score (nSPS) is 10.4. The molecule has 1 aromatic carbocycles. The molecule has 0 aromatic heterocycles. The molecule has 0 unspecified atom stereocenters. The maximum Gasteiger partial charge on any atom is 0.0687 e. The van der Waals surface area contributed by atoms with E-state index in [-0.39, 0.29) is 6.61 Å². The van der Waals surface area contributed by atoms with Crippen molar-refractivity contribution in [2.24, 2.45) is 0 Å². The summed E-state index contributed by atoms with van der Waals surface area (Å²) in [6, 6.07) is 7.98. The average molecular weight is 218 g/mol. The highest BCUT2D eigenvalue weighted by Gasteiger charge is 2.04. The summed E-state index contributed by atoms with van der Waals surface area (Å²) in [6.45, 7) is 6.44. The van der Waals surface area contributed by atoms with Crippen molar-refractivity contribution in [2.75, 3.05) is 0 Å². The van der Waals surface area contributed by atoms with Crippen LogP contribution in [0.3, 0.4) is 0 Å². The molecule has 1 heteroatoms. The number of hydrogen-bond donors (Lipinski definition) is 1. The lowest BCUT2D eigenvalue weighted by molar-refractivity contribution is 0.281. The Morgan fingerprint density at radius 1 is 1.19 bits per heavy atom. The van der Waals surface area contributed by atoms with Crippen LogP contribution in [0.1, 0.15) is 50.2 Å². The van der Waals surface area contributed by atoms with Crippen LogP contribution in [0.15, 0.2) is 30.8 Å². The summed E-state index contributed by atoms with van der Waals surface area (Å²) in [5.41, 5.74) is 3.27. The van der Waals surface area contributed by atoms with Gasteiger partial charge >= 0.3 is 0 Å². The molecule has 88 valence electrons. The summed E-state index contributed by atoms with van der Waals surface area (Å²) in [6.07, 6.45) is 6.08. The number of unbranched alkanes of at least 4 members (excludes halogenated alkanes) is 3. The highest BCUT2D eigenvalue weighted by molar-refractivity contribution is 5.66. The van der Waals surface area contributed by atoms with Crippen LogP contribution in [0.25, 0.3) is 5.57 Å². The first kappa shape index (κ1) is 13.0. The Balaban J connectivity index is 2.52. The summed E-state index contributed by atoms with van der Waals surface area (Å²) >= 11 is 0. The molecular weight excluding hydrogens is 196 g/mol. The smallest absolute Gasteiger partial charge is 0.0687 e. The first-order valence-electron chi connectivity index (χ1n) is 6.16. The lowest BCUT2D eigenvalue weighted by atomic mass is 9.97. The van der Waals surface area contributed by atoms with Crippen LogP contribution in [-0.4, -0.2) is 5.11 Å². The summed E-state index contributed by atoms with van der Waals surface area (Å²) in [7, 11) is 0. The number of rotatable bonds is 7. The number of benzene rings is 1. The van der Waals surface area contributed by atoms with E-state index in [2.05, 4.69) is 13.5 Å². The summed E-state index contributed by atoms with van der Waals surface area (Å²) in [5.74, 6) is 0. The fourth-order valence-corrected chi connectivity index (χ4v) is 1.90. The topological polar surface area (TPSA) is 20.2 Å². The largest absolute Gasteiger partial charge is 0.392 e. The Morgan fingerprint density at radius 3 is 2.62 bits per heavy atom. The lowest BCUT2D eigenvalue weighted by Gasteiger charge is -2.10. The van der Waals surface area contributed by atoms with E-state index in [1.807, 2.05) is 24.3 Å². The molecular formula is C15H22O. The quantitative estimate of drug-likeness (QED) is 0.681. The van der Waals surface area contributed by atoms with Gasteiger partial charge in [0.05, 0.1) is 6.61 Å². The minimum atomic E-state index is 0.101. The number of aliphatic hydroxyl groups excluding tert-OH is 1. The third-order valence-electron chi connectivity index (χ3n) is 2.90. The Hall–Kier alpha value is -1.08. The Bertz CT molecular complexity index is 328. The first-order chi connectivity index (χ1) is 7.79. The van der Waals surface area contributed by atoms with Gasteiger partial charge < -0.3 is 5.11 Å². The SMILES string of the molecule is C=C(CCCCCC)c1ccccc1CO. The van der Waals surface area contributed by atoms with E-state index in [0.29, 0.717) is 0 Å². The Morgan fingerprint density at radius 2 is 1.94 bits per heavy atom. The highest BCUT2D eigenvalue weighted by atomic mass is 16.3. The predicted molar refractivity (Wildman–Crippen MR) is 70.2 cm³/mol. The van der Waals surface area contributed by atoms with E-state index in [1.165, 1.54) is 25.7 Å². The first-order valence-corrected chi connectivity index (χ1v) is 6.16. The minimum absolute atomic E-state index is 0.101. The zero-order valence-electron chi connectivity index (χ0n) is 10.2. The van der Waals surface area contributed by atoms with Crippen LogP contribution in [0.4, 0.5) is 0 Å². The van der Waals surface area contributed by atoms with Crippen molar-refractivity contribution in [3.05, 3.63) is 42.0 Å². The molecule has 16 heavy (non-hydrogen) atoms. The van der Waals surface area contributed by atoms with Gasteiger partial charge in [-0.05, 0) is 29.5 Å². The molecule has 0 heterocycles. The summed E-state index contributed by atoms with van der Waals surface area (Å²) in [4.78, 5) is 0. The molecule has 0 aliphatic heterocycles. The molecule has 0 amide bonds. The van der Waals surface area contributed by atoms with Gasteiger partial charge in [-0.2, -0.15) is 0 Å². The lowest BCUT2D eigenvalue weighted by Crippen LogP contribution is -1.92. The summed E-state index contributed by atoms with van der Waals surface area (Å²) in [5, 5.41) is 9.24. The van der Waals surface area contributed by atoms with Crippen LogP contribution >= 0.6 is 0 Å². The predicted octanol–water partition coefficient (Wildman–Crippen LogP) is 4.16. The van der Waals surface area contributed by atoms with Crippen LogP contribution in [0.2, 0.25) is 0 Å². The molecule has 1 aromatic rings. The van der Waals surface area contributed by atoms with Crippen LogP contribution in [0, 0.1) is 0 Å². The monoisotopic (exact) mass is 218 g/mol. The van der Waals surface area contributed by atoms with Gasteiger partial charge in [0.15, 0.2) is 0 Å². The van der Waals surface area contributed by atoms with Gasteiger partial charge in [0, 0.05) is 0 Å². The standard InChI is InChI=1S/C15H22O/c1-3-4-5-6-9-13(2)15-11-8-7-10-14(15)12-16/h7-8,10-11,16H,2-6,9,12H2,1H3. The molecule has 0 saturated heterocycles. The maximum atomic E-state index is 9.24. The third-order valence-corrected chi connectivity index (χ3v) is 2.90. The third kappa shape index (κ3) is 3.82. The zero-order valence-corrected chi connectivity index (χ0v) is 10.2. The van der Waals surface area contributed by atoms with Gasteiger partial charge in [-0.3, -0.25) is 0 Å². The molecule has 0 aliphatic carbocycles. The van der Waals surface area contributed by atoms with E-state index in [0.717, 1.165) is 23.1 Å². The molecule has 0 saturated carbocycles. The maximum absolute atomic E-state index is 9.24. The number of hydrogen-bond acceptors (Lipinski definition) is 1. The molecule has 0 bridgehead atoms. The number of allylic oxidation sites excluding steroid dienone is 1. The molecule has 1 N–H and O–H groups in total. The van der Waals surface area contributed by atoms with E-state index < -0.39 is 0 Å². The molecule has 0 fully saturated rings. The van der Waals surface area contributed by atoms with Gasteiger partial charge in [0.2, 0.25) is 0 Å². The molecule has 1 rings (SSSR count). The van der Waals surface area contributed by atoms with E-state index >= 15 is 0 Å². The van der Waals surface area contributed by atoms with Crippen LogP contribution < -0.4 is 0 Å². The van der Waals surface area contributed by atoms with Crippen molar-refractivity contribution in [2.45, 2.75) is 45.6 Å². The van der Waals surface area contributed by atoms with Gasteiger partial charge in [-0.25, -0.2) is 0 Å². The van der Waals surface area contributed by atoms with Crippen LogP contribution in [0.5, 0.6) is 0 Å². The Kier molecular flexibility index (Phi) is 5.87. The molecule has 0 spiro atoms. The van der Waals surface area contributed by atoms with Gasteiger partial charge in [-0.1, -0.05) is 57.0 Å². The van der Waals surface area contributed by atoms with Crippen molar-refractivity contribution < 1.29 is 5.11 Å². The highest BCUT2D eigenvalue weighted by Crippen LogP contribution is 2.23. The second kappa shape index (κ2) is 7.24. The fourth-order valence-electron chi connectivity index (χ4n) is 1.90. The number of aliphatic hydroxyl groups is 1. The molecule has 0 atom stereocenters. The van der Waals surface area contributed by atoms with Crippen LogP contribution in [-0.2, 0) is 6.61 Å². The van der Waals surface area contributed by atoms with E-state index in [9.17, 15) is 5.11 Å². The van der Waals surface area contributed by atoms with Crippen molar-refractivity contribution in [3.8, 4) is 0 Å². The van der Waals surface area contributed by atoms with Gasteiger partial charge in [0.25, 0.3) is 0 Å². The molecule has 1 nitrogen and oxygen atoms in total. The van der Waals surface area contributed by atoms with Gasteiger partial charge in [-0.15, -0.1) is 0 Å². The van der Waals surface area contributed by atoms with E-state index in [1.54, 1.807) is 0 Å². The van der Waals surface area contributed by atoms with E-state index in [4.69, 9.17) is 0 Å². The average Bonchev–Trinajstić information content (AvgIpc) is 2.34.